The van der Waals surface area contributed by atoms with Crippen LogP contribution < -0.4 is 15.4 Å². The Hall–Kier alpha value is -3.95. The van der Waals surface area contributed by atoms with E-state index in [0.29, 0.717) is 17.1 Å². The smallest absolute Gasteiger partial charge is 0.412 e. The van der Waals surface area contributed by atoms with Gasteiger partial charge < -0.3 is 14.8 Å². The van der Waals surface area contributed by atoms with Gasteiger partial charge in [-0.15, -0.1) is 5.10 Å². The number of ether oxygens (including phenoxy) is 2. The van der Waals surface area contributed by atoms with Crippen LogP contribution in [0.4, 0.5) is 20.6 Å². The van der Waals surface area contributed by atoms with Crippen molar-refractivity contribution >= 4 is 23.4 Å². The van der Waals surface area contributed by atoms with Crippen molar-refractivity contribution in [3.05, 3.63) is 59.7 Å². The molecule has 3 rings (SSSR count). The first-order valence-electron chi connectivity index (χ1n) is 9.75. The number of halogens is 1. The zero-order chi connectivity index (χ0) is 23.5. The third kappa shape index (κ3) is 5.39. The zero-order valence-corrected chi connectivity index (χ0v) is 18.4. The fraction of sp³-hybridized carbons (Fsp3) is 0.273. The molecule has 0 fully saturated rings. The minimum Gasteiger partial charge on any atom is -0.497 e. The lowest BCUT2D eigenvalue weighted by Gasteiger charge is -2.20. The van der Waals surface area contributed by atoms with Gasteiger partial charge in [-0.25, -0.2) is 13.9 Å². The van der Waals surface area contributed by atoms with E-state index in [0.717, 1.165) is 12.1 Å². The molecular weight excluding hydrogens is 417 g/mol. The number of amides is 2. The molecule has 3 aromatic rings. The maximum Gasteiger partial charge on any atom is 0.412 e. The molecule has 0 spiro atoms. The van der Waals surface area contributed by atoms with Gasteiger partial charge in [-0.3, -0.25) is 10.1 Å². The number of hydrogen-bond donors (Lipinski definition) is 2. The number of nitrogens with zero attached hydrogens (tertiary/aromatic N) is 3. The average Bonchev–Trinajstić information content (AvgIpc) is 3.10. The van der Waals surface area contributed by atoms with Crippen molar-refractivity contribution in [3.8, 4) is 11.4 Å². The summed E-state index contributed by atoms with van der Waals surface area (Å²) in [5.74, 6) is -0.581. The van der Waals surface area contributed by atoms with Crippen LogP contribution in [0.1, 0.15) is 37.0 Å². The molecule has 10 heteroatoms. The summed E-state index contributed by atoms with van der Waals surface area (Å²) in [5.41, 5.74) is 0.673. The monoisotopic (exact) mass is 441 g/mol. The standard InChI is InChI=1S/C22H24FN5O4/c1-13-19(26-27-28(13)15-7-6-8-16(12-15)31-5)20(29)24-18-11-14(23)9-10-17(18)25-21(30)32-22(2,3)4/h6-12H,1-5H3,(H,24,29)(H,25,30). The van der Waals surface area contributed by atoms with Crippen LogP contribution >= 0.6 is 0 Å². The third-order valence-electron chi connectivity index (χ3n) is 4.27. The molecule has 168 valence electrons. The number of methoxy groups -OCH3 is 1. The molecule has 1 aromatic heterocycles. The van der Waals surface area contributed by atoms with Crippen molar-refractivity contribution in [2.45, 2.75) is 33.3 Å². The van der Waals surface area contributed by atoms with E-state index >= 15 is 0 Å². The SMILES string of the molecule is COc1cccc(-n2nnc(C(=O)Nc3cc(F)ccc3NC(=O)OC(C)(C)C)c2C)c1. The Bertz CT molecular complexity index is 1150. The zero-order valence-electron chi connectivity index (χ0n) is 18.4. The van der Waals surface area contributed by atoms with Gasteiger partial charge in [0.2, 0.25) is 0 Å². The van der Waals surface area contributed by atoms with E-state index in [4.69, 9.17) is 9.47 Å². The Morgan fingerprint density at radius 1 is 1.06 bits per heavy atom. The minimum atomic E-state index is -0.736. The first-order valence-corrected chi connectivity index (χ1v) is 9.75. The number of rotatable bonds is 5. The van der Waals surface area contributed by atoms with Gasteiger partial charge in [0.25, 0.3) is 5.91 Å². The lowest BCUT2D eigenvalue weighted by Crippen LogP contribution is -2.27. The maximum absolute atomic E-state index is 13.8. The van der Waals surface area contributed by atoms with Crippen LogP contribution in [0.5, 0.6) is 5.75 Å². The van der Waals surface area contributed by atoms with Gasteiger partial charge in [-0.1, -0.05) is 11.3 Å². The Balaban J connectivity index is 1.84. The number of carbonyl (C=O) groups excluding carboxylic acids is 2. The second-order valence-corrected chi connectivity index (χ2v) is 7.91. The Morgan fingerprint density at radius 2 is 1.81 bits per heavy atom. The van der Waals surface area contributed by atoms with Crippen molar-refractivity contribution < 1.29 is 23.5 Å². The number of hydrogen-bond acceptors (Lipinski definition) is 6. The van der Waals surface area contributed by atoms with Crippen LogP contribution in [0, 0.1) is 12.7 Å². The minimum absolute atomic E-state index is 0.0419. The van der Waals surface area contributed by atoms with Crippen molar-refractivity contribution in [3.63, 3.8) is 0 Å². The molecule has 0 saturated carbocycles. The summed E-state index contributed by atoms with van der Waals surface area (Å²) >= 11 is 0. The van der Waals surface area contributed by atoms with E-state index in [9.17, 15) is 14.0 Å². The van der Waals surface area contributed by atoms with Crippen LogP contribution in [-0.2, 0) is 4.74 Å². The molecule has 0 aliphatic carbocycles. The van der Waals surface area contributed by atoms with E-state index in [2.05, 4.69) is 20.9 Å². The van der Waals surface area contributed by atoms with E-state index in [1.165, 1.54) is 10.7 Å². The number of aromatic nitrogens is 3. The molecule has 0 atom stereocenters. The highest BCUT2D eigenvalue weighted by Crippen LogP contribution is 2.25. The van der Waals surface area contributed by atoms with Crippen LogP contribution in [0.25, 0.3) is 5.69 Å². The molecule has 0 aliphatic rings. The summed E-state index contributed by atoms with van der Waals surface area (Å²) in [6.45, 7) is 6.83. The summed E-state index contributed by atoms with van der Waals surface area (Å²) in [4.78, 5) is 25.0. The molecule has 0 unspecified atom stereocenters. The number of nitrogens with one attached hydrogen (secondary N) is 2. The number of benzene rings is 2. The fourth-order valence-corrected chi connectivity index (χ4v) is 2.85. The first-order chi connectivity index (χ1) is 15.1. The van der Waals surface area contributed by atoms with Crippen molar-refractivity contribution in [2.75, 3.05) is 17.7 Å². The Kier molecular flexibility index (Phi) is 6.42. The van der Waals surface area contributed by atoms with Crippen molar-refractivity contribution in [1.82, 2.24) is 15.0 Å². The Labute approximate surface area is 184 Å². The third-order valence-corrected chi connectivity index (χ3v) is 4.27. The summed E-state index contributed by atoms with van der Waals surface area (Å²) in [6, 6.07) is 10.7. The lowest BCUT2D eigenvalue weighted by molar-refractivity contribution is 0.0635. The normalized spacial score (nSPS) is 11.1. The Morgan fingerprint density at radius 3 is 2.50 bits per heavy atom. The van der Waals surface area contributed by atoms with Crippen molar-refractivity contribution in [1.29, 1.82) is 0 Å². The highest BCUT2D eigenvalue weighted by Gasteiger charge is 2.21. The quantitative estimate of drug-likeness (QED) is 0.611. The molecule has 2 N–H and O–H groups in total. The van der Waals surface area contributed by atoms with Crippen LogP contribution in [-0.4, -0.2) is 39.7 Å². The summed E-state index contributed by atoms with van der Waals surface area (Å²) in [5, 5.41) is 13.1. The predicted octanol–water partition coefficient (Wildman–Crippen LogP) is 4.32. The van der Waals surface area contributed by atoms with Gasteiger partial charge in [0.1, 0.15) is 17.2 Å². The fourth-order valence-electron chi connectivity index (χ4n) is 2.85. The maximum atomic E-state index is 13.8. The summed E-state index contributed by atoms with van der Waals surface area (Å²) < 4.78 is 25.8. The molecule has 0 radical (unpaired) electrons. The largest absolute Gasteiger partial charge is 0.497 e. The van der Waals surface area contributed by atoms with Gasteiger partial charge in [0, 0.05) is 6.07 Å². The lowest BCUT2D eigenvalue weighted by atomic mass is 10.2. The summed E-state index contributed by atoms with van der Waals surface area (Å²) in [7, 11) is 1.55. The predicted molar refractivity (Wildman–Crippen MR) is 117 cm³/mol. The van der Waals surface area contributed by atoms with E-state index in [1.807, 2.05) is 0 Å². The molecule has 2 amide bonds. The second kappa shape index (κ2) is 9.04. The van der Waals surface area contributed by atoms with E-state index in [-0.39, 0.29) is 17.1 Å². The molecular formula is C22H24FN5O4. The second-order valence-electron chi connectivity index (χ2n) is 7.91. The molecule has 9 nitrogen and oxygen atoms in total. The first kappa shape index (κ1) is 22.7. The molecule has 32 heavy (non-hydrogen) atoms. The van der Waals surface area contributed by atoms with Gasteiger partial charge >= 0.3 is 6.09 Å². The molecule has 1 heterocycles. The number of anilines is 2. The topological polar surface area (TPSA) is 107 Å². The molecule has 0 saturated heterocycles. The average molecular weight is 441 g/mol. The van der Waals surface area contributed by atoms with Crippen LogP contribution in [0.15, 0.2) is 42.5 Å². The molecule has 0 aliphatic heterocycles. The highest BCUT2D eigenvalue weighted by molar-refractivity contribution is 6.06. The van der Waals surface area contributed by atoms with Crippen molar-refractivity contribution in [2.24, 2.45) is 0 Å². The van der Waals surface area contributed by atoms with Gasteiger partial charge in [0.15, 0.2) is 5.69 Å². The van der Waals surface area contributed by atoms with E-state index < -0.39 is 23.4 Å². The van der Waals surface area contributed by atoms with Crippen LogP contribution in [0.2, 0.25) is 0 Å². The number of carbonyl (C=O) groups is 2. The van der Waals surface area contributed by atoms with E-state index in [1.54, 1.807) is 59.1 Å². The van der Waals surface area contributed by atoms with Gasteiger partial charge in [0.05, 0.1) is 29.9 Å². The highest BCUT2D eigenvalue weighted by atomic mass is 19.1. The van der Waals surface area contributed by atoms with Gasteiger partial charge in [-0.2, -0.15) is 0 Å². The molecule has 2 aromatic carbocycles. The summed E-state index contributed by atoms with van der Waals surface area (Å²) in [6.07, 6.45) is -0.736. The van der Waals surface area contributed by atoms with Gasteiger partial charge in [-0.05, 0) is 58.0 Å². The van der Waals surface area contributed by atoms with Crippen LogP contribution in [0.3, 0.4) is 0 Å². The molecule has 0 bridgehead atoms.